The second-order valence-corrected chi connectivity index (χ2v) is 6.74. The van der Waals surface area contributed by atoms with Gasteiger partial charge in [-0.2, -0.15) is 0 Å². The molecule has 0 amide bonds. The largest absolute Gasteiger partial charge is 0.389 e. The van der Waals surface area contributed by atoms with Gasteiger partial charge >= 0.3 is 0 Å². The third-order valence-electron chi connectivity index (χ3n) is 4.60. The zero-order valence-corrected chi connectivity index (χ0v) is 11.5. The number of nitrogens with one attached hydrogen (secondary N) is 1. The van der Waals surface area contributed by atoms with Crippen molar-refractivity contribution in [3.63, 3.8) is 0 Å². The van der Waals surface area contributed by atoms with E-state index in [1.54, 1.807) is 0 Å². The van der Waals surface area contributed by atoms with Gasteiger partial charge in [-0.25, -0.2) is 0 Å². The average molecular weight is 241 g/mol. The van der Waals surface area contributed by atoms with Crippen LogP contribution in [0, 0.1) is 5.41 Å². The Morgan fingerprint density at radius 3 is 2.41 bits per heavy atom. The molecule has 100 valence electrons. The van der Waals surface area contributed by atoms with Crippen molar-refractivity contribution in [1.29, 1.82) is 0 Å². The Hall–Kier alpha value is -0.120. The first-order chi connectivity index (χ1) is 7.90. The van der Waals surface area contributed by atoms with Crippen LogP contribution in [-0.4, -0.2) is 36.0 Å². The zero-order chi connectivity index (χ0) is 12.5. The number of rotatable bonds is 3. The Labute approximate surface area is 105 Å². The first kappa shape index (κ1) is 13.3. The molecule has 3 nitrogen and oxygen atoms in total. The summed E-state index contributed by atoms with van der Waals surface area (Å²) in [7, 11) is 0. The maximum absolute atomic E-state index is 10.5. The van der Waals surface area contributed by atoms with Gasteiger partial charge in [0.25, 0.3) is 0 Å². The monoisotopic (exact) mass is 241 g/mol. The minimum absolute atomic E-state index is 0.290. The van der Waals surface area contributed by atoms with Crippen LogP contribution >= 0.6 is 0 Å². The summed E-state index contributed by atoms with van der Waals surface area (Å²) in [6, 6.07) is 0.425. The summed E-state index contributed by atoms with van der Waals surface area (Å²) >= 11 is 0. The number of aliphatic hydroxyl groups is 1. The molecule has 0 aromatic heterocycles. The minimum Gasteiger partial charge on any atom is -0.389 e. The molecule has 0 aromatic carbocycles. The van der Waals surface area contributed by atoms with Crippen molar-refractivity contribution in [3.8, 4) is 0 Å². The fraction of sp³-hybridized carbons (Fsp3) is 1.00. The smallest absolute Gasteiger partial charge is 0.0772 e. The summed E-state index contributed by atoms with van der Waals surface area (Å²) in [6.45, 7) is 8.28. The van der Waals surface area contributed by atoms with Gasteiger partial charge in [-0.15, -0.1) is 0 Å². The molecule has 1 heterocycles. The minimum atomic E-state index is -0.488. The van der Waals surface area contributed by atoms with E-state index in [9.17, 15) is 5.11 Å². The lowest BCUT2D eigenvalue weighted by molar-refractivity contribution is -0.0274. The van der Waals surface area contributed by atoms with Crippen LogP contribution in [0.2, 0.25) is 0 Å². The highest BCUT2D eigenvalue weighted by Crippen LogP contribution is 2.39. The van der Waals surface area contributed by atoms with Crippen molar-refractivity contribution in [1.82, 2.24) is 5.32 Å². The van der Waals surface area contributed by atoms with Gasteiger partial charge in [0.2, 0.25) is 0 Å². The molecule has 2 rings (SSSR count). The van der Waals surface area contributed by atoms with Crippen LogP contribution in [0.25, 0.3) is 0 Å². The van der Waals surface area contributed by atoms with E-state index in [-0.39, 0.29) is 0 Å². The lowest BCUT2D eigenvalue weighted by Gasteiger charge is -2.41. The van der Waals surface area contributed by atoms with Gasteiger partial charge in [-0.1, -0.05) is 13.8 Å². The summed E-state index contributed by atoms with van der Waals surface area (Å²) in [5.74, 6) is 0. The Morgan fingerprint density at radius 2 is 1.88 bits per heavy atom. The predicted molar refractivity (Wildman–Crippen MR) is 69.0 cm³/mol. The first-order valence-electron chi connectivity index (χ1n) is 6.98. The maximum Gasteiger partial charge on any atom is 0.0772 e. The van der Waals surface area contributed by atoms with Gasteiger partial charge in [0.05, 0.1) is 11.7 Å². The normalized spacial score (nSPS) is 36.0. The fourth-order valence-corrected chi connectivity index (χ4v) is 2.89. The zero-order valence-electron chi connectivity index (χ0n) is 11.5. The van der Waals surface area contributed by atoms with Crippen molar-refractivity contribution in [2.45, 2.75) is 70.6 Å². The maximum atomic E-state index is 10.5. The van der Waals surface area contributed by atoms with Crippen LogP contribution in [0.4, 0.5) is 0 Å². The van der Waals surface area contributed by atoms with E-state index in [4.69, 9.17) is 4.74 Å². The Balaban J connectivity index is 1.78. The summed E-state index contributed by atoms with van der Waals surface area (Å²) in [4.78, 5) is 0. The number of ether oxygens (including phenoxy) is 1. The lowest BCUT2D eigenvalue weighted by Crippen LogP contribution is -2.49. The van der Waals surface area contributed by atoms with E-state index in [2.05, 4.69) is 26.1 Å². The van der Waals surface area contributed by atoms with Gasteiger partial charge in [0.15, 0.2) is 0 Å². The Kier molecular flexibility index (Phi) is 3.81. The Morgan fingerprint density at radius 1 is 1.24 bits per heavy atom. The molecule has 2 fully saturated rings. The molecule has 3 heteroatoms. The van der Waals surface area contributed by atoms with E-state index in [0.717, 1.165) is 45.3 Å². The summed E-state index contributed by atoms with van der Waals surface area (Å²) < 4.78 is 5.53. The third kappa shape index (κ3) is 3.43. The van der Waals surface area contributed by atoms with Gasteiger partial charge < -0.3 is 15.2 Å². The molecule has 2 N–H and O–H groups in total. The van der Waals surface area contributed by atoms with Crippen LogP contribution < -0.4 is 5.32 Å². The Bertz CT molecular complexity index is 255. The number of hydrogen-bond donors (Lipinski definition) is 2. The standard InChI is InChI=1S/C14H27NO2/c1-11-12(4-9-17-11)15-10-14(16)7-5-13(2,3)6-8-14/h11-12,15-16H,4-10H2,1-3H3. The molecular weight excluding hydrogens is 214 g/mol. The highest BCUT2D eigenvalue weighted by molar-refractivity contribution is 4.92. The molecule has 1 saturated heterocycles. The van der Waals surface area contributed by atoms with Crippen molar-refractivity contribution in [2.75, 3.05) is 13.2 Å². The SMILES string of the molecule is CC1OCCC1NCC1(O)CCC(C)(C)CC1. The first-order valence-corrected chi connectivity index (χ1v) is 6.98. The van der Waals surface area contributed by atoms with E-state index in [0.29, 0.717) is 17.6 Å². The lowest BCUT2D eigenvalue weighted by atomic mass is 9.71. The molecule has 2 atom stereocenters. The molecule has 2 unspecified atom stereocenters. The fourth-order valence-electron chi connectivity index (χ4n) is 2.89. The van der Waals surface area contributed by atoms with Gasteiger partial charge in [0.1, 0.15) is 0 Å². The molecule has 1 saturated carbocycles. The third-order valence-corrected chi connectivity index (χ3v) is 4.60. The molecule has 0 radical (unpaired) electrons. The van der Waals surface area contributed by atoms with E-state index < -0.39 is 5.60 Å². The summed E-state index contributed by atoms with van der Waals surface area (Å²) in [5.41, 5.74) is -0.0756. The van der Waals surface area contributed by atoms with Crippen molar-refractivity contribution in [3.05, 3.63) is 0 Å². The summed E-state index contributed by atoms with van der Waals surface area (Å²) in [5, 5.41) is 14.0. The van der Waals surface area contributed by atoms with E-state index in [1.165, 1.54) is 0 Å². The second kappa shape index (κ2) is 4.87. The van der Waals surface area contributed by atoms with Crippen LogP contribution in [0.3, 0.4) is 0 Å². The summed E-state index contributed by atoms with van der Waals surface area (Å²) in [6.07, 6.45) is 5.47. The van der Waals surface area contributed by atoms with Crippen molar-refractivity contribution in [2.24, 2.45) is 5.41 Å². The predicted octanol–water partition coefficient (Wildman–Crippen LogP) is 2.08. The van der Waals surface area contributed by atoms with E-state index >= 15 is 0 Å². The number of hydrogen-bond acceptors (Lipinski definition) is 3. The molecule has 0 spiro atoms. The van der Waals surface area contributed by atoms with Gasteiger partial charge in [0, 0.05) is 19.2 Å². The van der Waals surface area contributed by atoms with Gasteiger partial charge in [-0.05, 0) is 44.4 Å². The quantitative estimate of drug-likeness (QED) is 0.795. The van der Waals surface area contributed by atoms with Crippen molar-refractivity contribution < 1.29 is 9.84 Å². The van der Waals surface area contributed by atoms with Crippen LogP contribution in [0.15, 0.2) is 0 Å². The molecule has 0 bridgehead atoms. The van der Waals surface area contributed by atoms with Crippen LogP contribution in [0.1, 0.15) is 52.9 Å². The average Bonchev–Trinajstić information content (AvgIpc) is 2.67. The van der Waals surface area contributed by atoms with E-state index in [1.807, 2.05) is 0 Å². The topological polar surface area (TPSA) is 41.5 Å². The molecule has 0 aromatic rings. The highest BCUT2D eigenvalue weighted by Gasteiger charge is 2.37. The highest BCUT2D eigenvalue weighted by atomic mass is 16.5. The molecule has 17 heavy (non-hydrogen) atoms. The molecule has 1 aliphatic carbocycles. The second-order valence-electron chi connectivity index (χ2n) is 6.74. The van der Waals surface area contributed by atoms with Crippen LogP contribution in [-0.2, 0) is 4.74 Å². The van der Waals surface area contributed by atoms with Crippen molar-refractivity contribution >= 4 is 0 Å². The van der Waals surface area contributed by atoms with Crippen LogP contribution in [0.5, 0.6) is 0 Å². The molecule has 2 aliphatic rings. The molecule has 1 aliphatic heterocycles. The molecular formula is C14H27NO2. The van der Waals surface area contributed by atoms with Gasteiger partial charge in [-0.3, -0.25) is 0 Å².